The number of nitrogens with zero attached hydrogens (tertiary/aromatic N) is 1. The van der Waals surface area contributed by atoms with E-state index in [1.807, 2.05) is 0 Å². The molecule has 0 aliphatic rings. The van der Waals surface area contributed by atoms with E-state index in [0.717, 1.165) is 0 Å². The lowest BCUT2D eigenvalue weighted by molar-refractivity contribution is -0.166. The fraction of sp³-hybridized carbons (Fsp3) is 0.333. The number of rotatable bonds is 2. The number of aromatic nitrogens is 1. The Hall–Kier alpha value is -1.84. The molecular formula is C9H5F6NO3. The van der Waals surface area contributed by atoms with Crippen LogP contribution in [0.4, 0.5) is 26.3 Å². The van der Waals surface area contributed by atoms with Crippen LogP contribution in [0.5, 0.6) is 0 Å². The Labute approximate surface area is 101 Å². The largest absolute Gasteiger partial charge is 0.479 e. The quantitative estimate of drug-likeness (QED) is 0.819. The second-order valence-electron chi connectivity index (χ2n) is 3.36. The Morgan fingerprint density at radius 3 is 2.05 bits per heavy atom. The maximum Gasteiger partial charge on any atom is 0.433 e. The minimum atomic E-state index is -5.51. The van der Waals surface area contributed by atoms with E-state index < -0.39 is 41.2 Å². The molecule has 0 aromatic carbocycles. The number of hydrogen-bond acceptors (Lipinski definition) is 3. The fourth-order valence-corrected chi connectivity index (χ4v) is 1.35. The number of carboxylic acid groups (broad SMARTS) is 1. The summed E-state index contributed by atoms with van der Waals surface area (Å²) in [4.78, 5) is 13.0. The maximum absolute atomic E-state index is 12.6. The van der Waals surface area contributed by atoms with Crippen molar-refractivity contribution in [3.8, 4) is 0 Å². The predicted molar refractivity (Wildman–Crippen MR) is 46.8 cm³/mol. The van der Waals surface area contributed by atoms with E-state index in [-0.39, 0.29) is 0 Å². The van der Waals surface area contributed by atoms with E-state index >= 15 is 0 Å². The molecule has 1 aromatic rings. The normalized spacial score (nSPS) is 14.3. The van der Waals surface area contributed by atoms with Crippen LogP contribution in [0.3, 0.4) is 0 Å². The van der Waals surface area contributed by atoms with Crippen LogP contribution >= 0.6 is 0 Å². The lowest BCUT2D eigenvalue weighted by Gasteiger charge is -2.19. The molecule has 0 aliphatic carbocycles. The average molecular weight is 289 g/mol. The topological polar surface area (TPSA) is 70.4 Å². The molecule has 1 heterocycles. The van der Waals surface area contributed by atoms with Crippen molar-refractivity contribution in [2.45, 2.75) is 18.5 Å². The molecule has 0 amide bonds. The van der Waals surface area contributed by atoms with Gasteiger partial charge in [-0.1, -0.05) is 0 Å². The van der Waals surface area contributed by atoms with Crippen LogP contribution in [0.15, 0.2) is 12.3 Å². The zero-order chi connectivity index (χ0) is 15.0. The van der Waals surface area contributed by atoms with Crippen LogP contribution in [0, 0.1) is 0 Å². The summed E-state index contributed by atoms with van der Waals surface area (Å²) in [5, 5.41) is 17.4. The van der Waals surface area contributed by atoms with Gasteiger partial charge in [0.2, 0.25) is 0 Å². The van der Waals surface area contributed by atoms with Gasteiger partial charge >= 0.3 is 18.3 Å². The first kappa shape index (κ1) is 15.2. The van der Waals surface area contributed by atoms with Crippen LogP contribution in [-0.4, -0.2) is 21.2 Å². The second kappa shape index (κ2) is 4.68. The van der Waals surface area contributed by atoms with Gasteiger partial charge in [0.15, 0.2) is 11.8 Å². The predicted octanol–water partition coefficient (Wildman–Crippen LogP) is 2.24. The highest BCUT2D eigenvalue weighted by Crippen LogP contribution is 2.42. The Kier molecular flexibility index (Phi) is 3.75. The molecule has 1 unspecified atom stereocenters. The van der Waals surface area contributed by atoms with Gasteiger partial charge in [-0.25, -0.2) is 4.79 Å². The van der Waals surface area contributed by atoms with Crippen molar-refractivity contribution in [2.24, 2.45) is 0 Å². The molecule has 0 bridgehead atoms. The number of aliphatic hydroxyl groups is 1. The molecule has 0 aliphatic heterocycles. The third-order valence-corrected chi connectivity index (χ3v) is 2.06. The SMILES string of the molecule is O=C(O)C(O)c1ccnc(C(F)(F)F)c1C(F)(F)F. The van der Waals surface area contributed by atoms with Crippen LogP contribution in [-0.2, 0) is 17.1 Å². The summed E-state index contributed by atoms with van der Waals surface area (Å²) in [6.45, 7) is 0. The average Bonchev–Trinajstić information content (AvgIpc) is 2.24. The van der Waals surface area contributed by atoms with Gasteiger partial charge < -0.3 is 10.2 Å². The highest BCUT2D eigenvalue weighted by Gasteiger charge is 2.47. The molecule has 1 aromatic heterocycles. The molecule has 106 valence electrons. The van der Waals surface area contributed by atoms with Crippen molar-refractivity contribution in [1.82, 2.24) is 4.98 Å². The Bertz CT molecular complexity index is 496. The summed E-state index contributed by atoms with van der Waals surface area (Å²) >= 11 is 0. The lowest BCUT2D eigenvalue weighted by atomic mass is 10.0. The number of alkyl halides is 6. The molecule has 19 heavy (non-hydrogen) atoms. The number of hydrogen-bond donors (Lipinski definition) is 2. The van der Waals surface area contributed by atoms with Gasteiger partial charge in [0, 0.05) is 11.8 Å². The molecule has 0 radical (unpaired) electrons. The Balaban J connectivity index is 3.62. The minimum Gasteiger partial charge on any atom is -0.479 e. The van der Waals surface area contributed by atoms with Gasteiger partial charge in [-0.2, -0.15) is 26.3 Å². The van der Waals surface area contributed by atoms with E-state index in [4.69, 9.17) is 10.2 Å². The van der Waals surface area contributed by atoms with E-state index in [1.165, 1.54) is 0 Å². The van der Waals surface area contributed by atoms with Gasteiger partial charge in [-0.15, -0.1) is 0 Å². The van der Waals surface area contributed by atoms with Crippen LogP contribution < -0.4 is 0 Å². The summed E-state index contributed by atoms with van der Waals surface area (Å²) in [6.07, 6.45) is -13.3. The summed E-state index contributed by atoms with van der Waals surface area (Å²) in [5.41, 5.74) is -6.02. The number of aliphatic hydroxyl groups excluding tert-OH is 1. The van der Waals surface area contributed by atoms with Crippen molar-refractivity contribution in [2.75, 3.05) is 0 Å². The van der Waals surface area contributed by atoms with Crippen molar-refractivity contribution < 1.29 is 41.4 Å². The number of pyridine rings is 1. The van der Waals surface area contributed by atoms with Gasteiger partial charge in [0.05, 0.1) is 5.56 Å². The number of carbonyl (C=O) groups is 1. The standard InChI is InChI=1S/C9H5F6NO3/c10-8(11,12)4-3(5(17)7(18)19)1-2-16-6(4)9(13,14)15/h1-2,5,17H,(H,18,19). The summed E-state index contributed by atoms with van der Waals surface area (Å²) in [5.74, 6) is -2.11. The highest BCUT2D eigenvalue weighted by molar-refractivity contribution is 5.74. The Morgan fingerprint density at radius 2 is 1.68 bits per heavy atom. The highest BCUT2D eigenvalue weighted by atomic mass is 19.4. The monoisotopic (exact) mass is 289 g/mol. The molecule has 0 fully saturated rings. The lowest BCUT2D eigenvalue weighted by Crippen LogP contribution is -2.24. The molecule has 0 spiro atoms. The summed E-state index contributed by atoms with van der Waals surface area (Å²) in [7, 11) is 0. The molecule has 0 saturated heterocycles. The first-order valence-corrected chi connectivity index (χ1v) is 4.50. The number of halogens is 6. The van der Waals surface area contributed by atoms with Crippen molar-refractivity contribution in [1.29, 1.82) is 0 Å². The third-order valence-electron chi connectivity index (χ3n) is 2.06. The van der Waals surface area contributed by atoms with Crippen molar-refractivity contribution in [3.05, 3.63) is 29.1 Å². The number of aliphatic carboxylic acids is 1. The maximum atomic E-state index is 12.6. The van der Waals surface area contributed by atoms with Gasteiger partial charge in [0.1, 0.15) is 0 Å². The minimum absolute atomic E-state index is 0.347. The van der Waals surface area contributed by atoms with Gasteiger partial charge in [-0.3, -0.25) is 4.98 Å². The molecule has 4 nitrogen and oxygen atoms in total. The second-order valence-corrected chi connectivity index (χ2v) is 3.36. The smallest absolute Gasteiger partial charge is 0.433 e. The van der Waals surface area contributed by atoms with Crippen molar-refractivity contribution in [3.63, 3.8) is 0 Å². The van der Waals surface area contributed by atoms with Gasteiger partial charge in [0.25, 0.3) is 0 Å². The van der Waals surface area contributed by atoms with E-state index in [0.29, 0.717) is 12.3 Å². The summed E-state index contributed by atoms with van der Waals surface area (Å²) < 4.78 is 75.2. The van der Waals surface area contributed by atoms with E-state index in [2.05, 4.69) is 4.98 Å². The first-order chi connectivity index (χ1) is 8.46. The molecule has 10 heteroatoms. The van der Waals surface area contributed by atoms with E-state index in [1.54, 1.807) is 0 Å². The van der Waals surface area contributed by atoms with Crippen LogP contribution in [0.1, 0.15) is 22.9 Å². The molecule has 0 saturated carbocycles. The van der Waals surface area contributed by atoms with Crippen molar-refractivity contribution >= 4 is 5.97 Å². The Morgan fingerprint density at radius 1 is 1.16 bits per heavy atom. The summed E-state index contributed by atoms with van der Waals surface area (Å²) in [6, 6.07) is 0.372. The zero-order valence-electron chi connectivity index (χ0n) is 8.75. The fourth-order valence-electron chi connectivity index (χ4n) is 1.35. The van der Waals surface area contributed by atoms with Crippen LogP contribution in [0.25, 0.3) is 0 Å². The number of carboxylic acids is 1. The zero-order valence-corrected chi connectivity index (χ0v) is 8.75. The van der Waals surface area contributed by atoms with E-state index in [9.17, 15) is 31.1 Å². The van der Waals surface area contributed by atoms with Gasteiger partial charge in [-0.05, 0) is 6.07 Å². The third kappa shape index (κ3) is 3.13. The van der Waals surface area contributed by atoms with Crippen LogP contribution in [0.2, 0.25) is 0 Å². The molecular weight excluding hydrogens is 284 g/mol. The molecule has 1 rings (SSSR count). The molecule has 2 N–H and O–H groups in total. The first-order valence-electron chi connectivity index (χ1n) is 4.50. The molecule has 1 atom stereocenters.